The van der Waals surface area contributed by atoms with E-state index in [9.17, 15) is 14.3 Å². The number of hydrogen-bond donors (Lipinski definition) is 3. The molecular formula is C20H26BrFN6O3. The zero-order chi connectivity index (χ0) is 22.7. The number of nitrogens with zero attached hydrogens (tertiary/aromatic N) is 4. The predicted molar refractivity (Wildman–Crippen MR) is 119 cm³/mol. The number of amides is 1. The second kappa shape index (κ2) is 9.84. The Labute approximate surface area is 188 Å². The molecule has 0 fully saturated rings. The standard InChI is InChI=1S/C20H26BrFN6O3/c1-10-17-15(26-20(23)24-10)9-14(12-5-4-11(22)8-13(12)21)25-18(17)27-31-16(6-7-29)19(30)28(2)3/h4-5,8,14-17,29H,6-7,9H2,1-3H3,(H2,23,26)(H,25,27)/t14?,15-,16-,17?/m1/s1. The van der Waals surface area contributed by atoms with E-state index in [1.165, 1.54) is 17.0 Å². The van der Waals surface area contributed by atoms with Gasteiger partial charge in [0.1, 0.15) is 11.7 Å². The second-order valence-electron chi connectivity index (χ2n) is 7.67. The van der Waals surface area contributed by atoms with Gasteiger partial charge in [0.05, 0.1) is 18.0 Å². The zero-order valence-electron chi connectivity index (χ0n) is 17.5. The van der Waals surface area contributed by atoms with Gasteiger partial charge in [-0.3, -0.25) is 20.1 Å². The summed E-state index contributed by atoms with van der Waals surface area (Å²) in [5, 5.41) is 9.31. The molecule has 0 spiro atoms. The molecule has 9 nitrogen and oxygen atoms in total. The summed E-state index contributed by atoms with van der Waals surface area (Å²) in [7, 11) is 3.23. The number of guanidine groups is 1. The van der Waals surface area contributed by atoms with Gasteiger partial charge in [0.2, 0.25) is 5.96 Å². The van der Waals surface area contributed by atoms with E-state index in [2.05, 4.69) is 31.4 Å². The molecular weight excluding hydrogens is 471 g/mol. The minimum atomic E-state index is -0.895. The van der Waals surface area contributed by atoms with E-state index >= 15 is 0 Å². The summed E-state index contributed by atoms with van der Waals surface area (Å²) in [5.41, 5.74) is 10.2. The smallest absolute Gasteiger partial charge is 0.254 e. The van der Waals surface area contributed by atoms with E-state index in [1.807, 2.05) is 6.92 Å². The first-order valence-corrected chi connectivity index (χ1v) is 10.6. The number of nitrogens with one attached hydrogen (secondary N) is 1. The highest BCUT2D eigenvalue weighted by atomic mass is 79.9. The highest BCUT2D eigenvalue weighted by Crippen LogP contribution is 2.37. The van der Waals surface area contributed by atoms with Crippen LogP contribution in [0.15, 0.2) is 37.6 Å². The third-order valence-corrected chi connectivity index (χ3v) is 5.90. The van der Waals surface area contributed by atoms with Crippen LogP contribution in [0.5, 0.6) is 0 Å². The average Bonchev–Trinajstić information content (AvgIpc) is 2.69. The van der Waals surface area contributed by atoms with Crippen LogP contribution in [0.2, 0.25) is 0 Å². The summed E-state index contributed by atoms with van der Waals surface area (Å²) in [6.07, 6.45) is -0.227. The van der Waals surface area contributed by atoms with Gasteiger partial charge in [-0.25, -0.2) is 14.4 Å². The Kier molecular flexibility index (Phi) is 7.39. The van der Waals surface area contributed by atoms with Gasteiger partial charge in [0, 0.05) is 37.3 Å². The van der Waals surface area contributed by atoms with Gasteiger partial charge < -0.3 is 15.7 Å². The minimum absolute atomic E-state index is 0.122. The summed E-state index contributed by atoms with van der Waals surface area (Å²) in [6, 6.07) is 3.85. The van der Waals surface area contributed by atoms with Crippen LogP contribution in [0, 0.1) is 11.7 Å². The molecule has 2 aliphatic heterocycles. The highest BCUT2D eigenvalue weighted by Gasteiger charge is 2.39. The van der Waals surface area contributed by atoms with Gasteiger partial charge >= 0.3 is 0 Å². The van der Waals surface area contributed by atoms with Crippen LogP contribution in [-0.2, 0) is 9.63 Å². The largest absolute Gasteiger partial charge is 0.396 e. The van der Waals surface area contributed by atoms with Crippen molar-refractivity contribution in [2.45, 2.75) is 38.0 Å². The number of aliphatic hydroxyl groups excluding tert-OH is 1. The van der Waals surface area contributed by atoms with E-state index < -0.39 is 6.10 Å². The fourth-order valence-corrected chi connectivity index (χ4v) is 4.34. The van der Waals surface area contributed by atoms with Crippen LogP contribution in [0.3, 0.4) is 0 Å². The minimum Gasteiger partial charge on any atom is -0.396 e. The zero-order valence-corrected chi connectivity index (χ0v) is 19.1. The molecule has 31 heavy (non-hydrogen) atoms. The molecule has 0 aliphatic carbocycles. The van der Waals surface area contributed by atoms with Crippen molar-refractivity contribution in [2.75, 3.05) is 20.7 Å². The SMILES string of the molecule is CC1=NC(N)=N[C@@H]2CC(c3ccc(F)cc3Br)N=C(NO[C@H](CCO)C(=O)N(C)C)C12. The number of aliphatic hydroxyl groups is 1. The van der Waals surface area contributed by atoms with Crippen LogP contribution in [0.1, 0.15) is 31.4 Å². The fourth-order valence-electron chi connectivity index (χ4n) is 3.73. The first-order valence-electron chi connectivity index (χ1n) is 9.86. The number of likely N-dealkylation sites (N-methyl/N-ethyl adjacent to an activating group) is 1. The van der Waals surface area contributed by atoms with Gasteiger partial charge in [-0.1, -0.05) is 22.0 Å². The van der Waals surface area contributed by atoms with Gasteiger partial charge in [-0.2, -0.15) is 0 Å². The normalized spacial score (nSPS) is 23.8. The lowest BCUT2D eigenvalue weighted by molar-refractivity contribution is -0.145. The van der Waals surface area contributed by atoms with Crippen LogP contribution >= 0.6 is 15.9 Å². The number of carbonyl (C=O) groups excluding carboxylic acids is 1. The highest BCUT2D eigenvalue weighted by molar-refractivity contribution is 9.10. The summed E-state index contributed by atoms with van der Waals surface area (Å²) in [6.45, 7) is 1.62. The third-order valence-electron chi connectivity index (χ3n) is 5.21. The third kappa shape index (κ3) is 5.28. The first kappa shape index (κ1) is 23.3. The maximum absolute atomic E-state index is 13.6. The number of hydrogen-bond acceptors (Lipinski definition) is 8. The number of benzene rings is 1. The van der Waals surface area contributed by atoms with Gasteiger partial charge in [0.25, 0.3) is 5.91 Å². The molecule has 0 saturated carbocycles. The Morgan fingerprint density at radius 3 is 2.84 bits per heavy atom. The summed E-state index contributed by atoms with van der Waals surface area (Å²) in [5.74, 6) is -0.300. The fraction of sp³-hybridized carbons (Fsp3) is 0.500. The lowest BCUT2D eigenvalue weighted by atomic mass is 9.84. The van der Waals surface area contributed by atoms with E-state index in [0.29, 0.717) is 16.7 Å². The number of carbonyl (C=O) groups is 1. The maximum Gasteiger partial charge on any atom is 0.254 e. The van der Waals surface area contributed by atoms with Crippen LogP contribution < -0.4 is 11.2 Å². The molecule has 0 saturated heterocycles. The van der Waals surface area contributed by atoms with Crippen molar-refractivity contribution in [3.05, 3.63) is 34.1 Å². The molecule has 4 atom stereocenters. The Hall–Kier alpha value is -2.37. The summed E-state index contributed by atoms with van der Waals surface area (Å²) >= 11 is 3.41. The lowest BCUT2D eigenvalue weighted by Crippen LogP contribution is -2.49. The molecule has 2 heterocycles. The van der Waals surface area contributed by atoms with Crippen molar-refractivity contribution >= 4 is 39.3 Å². The lowest BCUT2D eigenvalue weighted by Gasteiger charge is -2.36. The van der Waals surface area contributed by atoms with Crippen LogP contribution in [0.25, 0.3) is 0 Å². The van der Waals surface area contributed by atoms with E-state index in [4.69, 9.17) is 15.6 Å². The number of hydroxylamine groups is 1. The molecule has 2 aliphatic rings. The Bertz CT molecular complexity index is 935. The Balaban J connectivity index is 1.92. The van der Waals surface area contributed by atoms with Crippen molar-refractivity contribution in [1.82, 2.24) is 10.4 Å². The first-order chi connectivity index (χ1) is 14.7. The van der Waals surface area contributed by atoms with E-state index in [1.54, 1.807) is 20.2 Å². The van der Waals surface area contributed by atoms with Gasteiger partial charge in [-0.05, 0) is 31.0 Å². The summed E-state index contributed by atoms with van der Waals surface area (Å²) in [4.78, 5) is 33.0. The topological polar surface area (TPSA) is 125 Å². The molecule has 168 valence electrons. The predicted octanol–water partition coefficient (Wildman–Crippen LogP) is 1.57. The quantitative estimate of drug-likeness (QED) is 0.515. The maximum atomic E-state index is 13.6. The number of rotatable bonds is 6. The molecule has 1 aromatic carbocycles. The van der Waals surface area contributed by atoms with Crippen molar-refractivity contribution < 1.29 is 19.1 Å². The van der Waals surface area contributed by atoms with Crippen LogP contribution in [0.4, 0.5) is 4.39 Å². The molecule has 0 radical (unpaired) electrons. The number of amidine groups is 1. The molecule has 2 unspecified atom stereocenters. The number of nitrogens with two attached hydrogens (primary N) is 1. The Morgan fingerprint density at radius 2 is 2.19 bits per heavy atom. The van der Waals surface area contributed by atoms with Crippen molar-refractivity contribution in [2.24, 2.45) is 26.6 Å². The van der Waals surface area contributed by atoms with Gasteiger partial charge in [0.15, 0.2) is 6.10 Å². The van der Waals surface area contributed by atoms with Gasteiger partial charge in [-0.15, -0.1) is 0 Å². The van der Waals surface area contributed by atoms with E-state index in [-0.39, 0.29) is 48.7 Å². The van der Waals surface area contributed by atoms with E-state index in [0.717, 1.165) is 11.3 Å². The Morgan fingerprint density at radius 1 is 1.45 bits per heavy atom. The molecule has 0 bridgehead atoms. The molecule has 1 aromatic rings. The second-order valence-corrected chi connectivity index (χ2v) is 8.53. The molecule has 1 amide bonds. The van der Waals surface area contributed by atoms with Crippen molar-refractivity contribution in [3.8, 4) is 0 Å². The molecule has 0 aromatic heterocycles. The summed E-state index contributed by atoms with van der Waals surface area (Å²) < 4.78 is 14.2. The van der Waals surface area contributed by atoms with Crippen molar-refractivity contribution in [1.29, 1.82) is 0 Å². The molecule has 11 heteroatoms. The van der Waals surface area contributed by atoms with Crippen LogP contribution in [-0.4, -0.2) is 66.3 Å². The monoisotopic (exact) mass is 496 g/mol. The number of halogens is 2. The molecule has 3 rings (SSSR count). The molecule has 4 N–H and O–H groups in total. The van der Waals surface area contributed by atoms with Crippen molar-refractivity contribution in [3.63, 3.8) is 0 Å². The number of aliphatic imine (C=N–C) groups is 3. The average molecular weight is 497 g/mol. The number of fused-ring (bicyclic) bond motifs is 1.